The van der Waals surface area contributed by atoms with Crippen LogP contribution in [0.5, 0.6) is 0 Å². The molecule has 0 saturated carbocycles. The SMILES string of the molecule is CC(C)(C)[Si](C)(C)OC(=O)CCCCCCCCCCCCCCC(=O)O[Si](C)(C)C(C)(C)C. The number of rotatable bonds is 17. The molecule has 0 rings (SSSR count). The van der Waals surface area contributed by atoms with Crippen LogP contribution in [0.25, 0.3) is 0 Å². The van der Waals surface area contributed by atoms with Crippen LogP contribution in [-0.4, -0.2) is 28.6 Å². The summed E-state index contributed by atoms with van der Waals surface area (Å²) >= 11 is 0. The van der Waals surface area contributed by atoms with Crippen LogP contribution in [0.2, 0.25) is 36.3 Å². The van der Waals surface area contributed by atoms with E-state index in [4.69, 9.17) is 8.85 Å². The Hall–Kier alpha value is -0.626. The van der Waals surface area contributed by atoms with Gasteiger partial charge in [0.2, 0.25) is 0 Å². The van der Waals surface area contributed by atoms with Crippen LogP contribution >= 0.6 is 0 Å². The molecule has 0 radical (unpaired) electrons. The third-order valence-corrected chi connectivity index (χ3v) is 16.6. The van der Waals surface area contributed by atoms with Crippen LogP contribution in [0.4, 0.5) is 0 Å². The lowest BCUT2D eigenvalue weighted by atomic mass is 10.0. The maximum Gasteiger partial charge on any atom is 0.292 e. The summed E-state index contributed by atoms with van der Waals surface area (Å²) in [6, 6.07) is 0. The molecule has 34 heavy (non-hydrogen) atoms. The van der Waals surface area contributed by atoms with E-state index in [1.54, 1.807) is 0 Å². The Morgan fingerprint density at radius 3 is 0.882 bits per heavy atom. The molecule has 0 atom stereocenters. The monoisotopic (exact) mass is 514 g/mol. The van der Waals surface area contributed by atoms with Gasteiger partial charge in [-0.25, -0.2) is 0 Å². The number of unbranched alkanes of at least 4 members (excludes halogenated alkanes) is 11. The van der Waals surface area contributed by atoms with E-state index in [1.165, 1.54) is 51.4 Å². The van der Waals surface area contributed by atoms with Gasteiger partial charge in [-0.15, -0.1) is 0 Å². The van der Waals surface area contributed by atoms with Gasteiger partial charge in [-0.05, 0) is 49.1 Å². The van der Waals surface area contributed by atoms with Crippen molar-refractivity contribution in [1.82, 2.24) is 0 Å². The average Bonchev–Trinajstić information content (AvgIpc) is 2.65. The van der Waals surface area contributed by atoms with Crippen molar-refractivity contribution in [2.45, 2.75) is 168 Å². The predicted octanol–water partition coefficient (Wildman–Crippen LogP) is 9.54. The summed E-state index contributed by atoms with van der Waals surface area (Å²) in [6.45, 7) is 21.6. The smallest absolute Gasteiger partial charge is 0.292 e. The topological polar surface area (TPSA) is 52.6 Å². The standard InChI is InChI=1S/C28H58O4Si2/c1-27(2,3)33(7,8)31-25(29)23-21-19-17-15-13-11-12-14-16-18-20-22-24-26(30)32-34(9,10)28(4,5)6/h11-24H2,1-10H3. The van der Waals surface area contributed by atoms with Crippen LogP contribution in [0.1, 0.15) is 131 Å². The molecule has 6 heteroatoms. The maximum atomic E-state index is 12.1. The molecule has 0 aliphatic carbocycles. The van der Waals surface area contributed by atoms with Crippen LogP contribution < -0.4 is 0 Å². The van der Waals surface area contributed by atoms with E-state index in [-0.39, 0.29) is 22.0 Å². The fraction of sp³-hybridized carbons (Fsp3) is 0.929. The Morgan fingerprint density at radius 1 is 0.471 bits per heavy atom. The molecular weight excluding hydrogens is 456 g/mol. The van der Waals surface area contributed by atoms with Gasteiger partial charge in [0.1, 0.15) is 0 Å². The highest BCUT2D eigenvalue weighted by molar-refractivity contribution is 6.75. The summed E-state index contributed by atoms with van der Waals surface area (Å²) in [5, 5.41) is 0.169. The van der Waals surface area contributed by atoms with E-state index < -0.39 is 16.6 Å². The summed E-state index contributed by atoms with van der Waals surface area (Å²) in [6.07, 6.45) is 15.5. The first kappa shape index (κ1) is 33.4. The lowest BCUT2D eigenvalue weighted by Gasteiger charge is -2.35. The number of hydrogen-bond donors (Lipinski definition) is 0. The van der Waals surface area contributed by atoms with Gasteiger partial charge < -0.3 is 8.85 Å². The van der Waals surface area contributed by atoms with Gasteiger partial charge in [-0.3, -0.25) is 9.59 Å². The summed E-state index contributed by atoms with van der Waals surface area (Å²) in [7, 11) is -3.92. The van der Waals surface area contributed by atoms with Crippen LogP contribution in [0, 0.1) is 0 Å². The largest absolute Gasteiger partial charge is 0.519 e. The van der Waals surface area contributed by atoms with Crippen LogP contribution in [0.15, 0.2) is 0 Å². The van der Waals surface area contributed by atoms with E-state index in [0.717, 1.165) is 25.7 Å². The Morgan fingerprint density at radius 2 is 0.676 bits per heavy atom. The highest BCUT2D eigenvalue weighted by Gasteiger charge is 2.41. The van der Waals surface area contributed by atoms with Gasteiger partial charge >= 0.3 is 0 Å². The highest BCUT2D eigenvalue weighted by atomic mass is 28.4. The zero-order valence-corrected chi connectivity index (χ0v) is 26.5. The average molecular weight is 515 g/mol. The molecule has 0 aromatic rings. The second kappa shape index (κ2) is 15.5. The molecule has 4 nitrogen and oxygen atoms in total. The van der Waals surface area contributed by atoms with E-state index in [2.05, 4.69) is 67.7 Å². The first-order chi connectivity index (χ1) is 15.5. The minimum Gasteiger partial charge on any atom is -0.519 e. The van der Waals surface area contributed by atoms with Crippen molar-refractivity contribution in [3.8, 4) is 0 Å². The summed E-state index contributed by atoms with van der Waals surface area (Å²) in [4.78, 5) is 24.2. The zero-order chi connectivity index (χ0) is 26.5. The fourth-order valence-electron chi connectivity index (χ4n) is 3.28. The summed E-state index contributed by atoms with van der Waals surface area (Å²) < 4.78 is 11.7. The van der Waals surface area contributed by atoms with E-state index >= 15 is 0 Å². The minimum absolute atomic E-state index is 0.000850. The molecule has 0 aliphatic heterocycles. The quantitative estimate of drug-likeness (QED) is 0.143. The molecule has 0 N–H and O–H groups in total. The zero-order valence-electron chi connectivity index (χ0n) is 24.5. The molecule has 0 saturated heterocycles. The van der Waals surface area contributed by atoms with Gasteiger partial charge in [-0.1, -0.05) is 106 Å². The van der Waals surface area contributed by atoms with Crippen molar-refractivity contribution < 1.29 is 18.4 Å². The van der Waals surface area contributed by atoms with Crippen molar-refractivity contribution >= 4 is 28.6 Å². The van der Waals surface area contributed by atoms with Gasteiger partial charge in [0.15, 0.2) is 0 Å². The van der Waals surface area contributed by atoms with E-state index in [9.17, 15) is 9.59 Å². The predicted molar refractivity (Wildman–Crippen MR) is 151 cm³/mol. The van der Waals surface area contributed by atoms with Crippen LogP contribution in [-0.2, 0) is 18.4 Å². The third kappa shape index (κ3) is 14.7. The van der Waals surface area contributed by atoms with Gasteiger partial charge in [0.25, 0.3) is 28.6 Å². The Balaban J connectivity index is 3.56. The highest BCUT2D eigenvalue weighted by Crippen LogP contribution is 2.37. The molecule has 0 amide bonds. The lowest BCUT2D eigenvalue weighted by molar-refractivity contribution is -0.136. The molecule has 0 aromatic heterocycles. The minimum atomic E-state index is -1.96. The Kier molecular flexibility index (Phi) is 15.2. The Bertz CT molecular complexity index is 534. The Labute approximate surface area is 214 Å². The van der Waals surface area contributed by atoms with Crippen molar-refractivity contribution in [1.29, 1.82) is 0 Å². The molecule has 0 spiro atoms. The van der Waals surface area contributed by atoms with Gasteiger partial charge in [-0.2, -0.15) is 0 Å². The lowest BCUT2D eigenvalue weighted by Crippen LogP contribution is -2.42. The summed E-state index contributed by atoms with van der Waals surface area (Å²) in [5.74, 6) is -0.00170. The number of hydrogen-bond acceptors (Lipinski definition) is 4. The van der Waals surface area contributed by atoms with Crippen molar-refractivity contribution in [3.05, 3.63) is 0 Å². The van der Waals surface area contributed by atoms with Crippen molar-refractivity contribution in [3.63, 3.8) is 0 Å². The normalized spacial score (nSPS) is 13.1. The molecule has 0 aromatic carbocycles. The first-order valence-electron chi connectivity index (χ1n) is 13.9. The molecule has 0 aliphatic rings. The first-order valence-corrected chi connectivity index (χ1v) is 19.7. The molecule has 0 unspecified atom stereocenters. The van der Waals surface area contributed by atoms with E-state index in [0.29, 0.717) is 12.8 Å². The van der Waals surface area contributed by atoms with Crippen molar-refractivity contribution in [2.75, 3.05) is 0 Å². The summed E-state index contributed by atoms with van der Waals surface area (Å²) in [5.41, 5.74) is 0. The molecule has 0 heterocycles. The van der Waals surface area contributed by atoms with Gasteiger partial charge in [0, 0.05) is 12.8 Å². The second-order valence-corrected chi connectivity index (χ2v) is 22.7. The molecule has 0 bridgehead atoms. The molecule has 202 valence electrons. The fourth-order valence-corrected chi connectivity index (χ4v) is 5.24. The number of carbonyl (C=O) groups excluding carboxylic acids is 2. The van der Waals surface area contributed by atoms with E-state index in [1.807, 2.05) is 0 Å². The maximum absolute atomic E-state index is 12.1. The molecular formula is C28H58O4Si2. The second-order valence-electron chi connectivity index (χ2n) is 13.2. The van der Waals surface area contributed by atoms with Crippen molar-refractivity contribution in [2.24, 2.45) is 0 Å². The molecule has 0 fully saturated rings. The van der Waals surface area contributed by atoms with Gasteiger partial charge in [0.05, 0.1) is 0 Å². The third-order valence-electron chi connectivity index (χ3n) is 7.86. The number of carbonyl (C=O) groups is 2. The van der Waals surface area contributed by atoms with Crippen LogP contribution in [0.3, 0.4) is 0 Å².